The number of aryl methyl sites for hydroxylation is 1. The number of carbonyl (C=O) groups is 1. The smallest absolute Gasteiger partial charge is 0.231 e. The molecule has 1 saturated carbocycles. The molecule has 29 heavy (non-hydrogen) atoms. The normalized spacial score (nSPS) is 14.4. The first kappa shape index (κ1) is 19.8. The van der Waals surface area contributed by atoms with E-state index in [0.29, 0.717) is 0 Å². The maximum absolute atomic E-state index is 13.1. The minimum absolute atomic E-state index is 0.0660. The van der Waals surface area contributed by atoms with Gasteiger partial charge in [-0.25, -0.2) is 0 Å². The molecule has 148 valence electrons. The van der Waals surface area contributed by atoms with Gasteiger partial charge >= 0.3 is 0 Å². The molecule has 1 aliphatic rings. The van der Waals surface area contributed by atoms with E-state index in [9.17, 15) is 4.79 Å². The first-order chi connectivity index (χ1) is 14.1. The first-order valence-corrected chi connectivity index (χ1v) is 11.0. The third kappa shape index (κ3) is 5.33. The second-order valence-corrected chi connectivity index (χ2v) is 8.80. The molecule has 3 nitrogen and oxygen atoms in total. The van der Waals surface area contributed by atoms with Gasteiger partial charge in [-0.05, 0) is 78.8 Å². The molecule has 1 aromatic heterocycles. The number of aromatic nitrogens is 1. The molecule has 0 bridgehead atoms. The van der Waals surface area contributed by atoms with E-state index in [1.165, 1.54) is 12.8 Å². The Hall–Kier alpha value is -2.46. The molecule has 1 aliphatic carbocycles. The van der Waals surface area contributed by atoms with Crippen molar-refractivity contribution in [2.24, 2.45) is 5.92 Å². The van der Waals surface area contributed by atoms with Gasteiger partial charge in [0.15, 0.2) is 0 Å². The Bertz CT molecular complexity index is 996. The van der Waals surface area contributed by atoms with Gasteiger partial charge in [-0.15, -0.1) is 0 Å². The van der Waals surface area contributed by atoms with Crippen LogP contribution < -0.4 is 5.32 Å². The fourth-order valence-corrected chi connectivity index (χ4v) is 4.10. The monoisotopic (exact) mass is 448 g/mol. The summed E-state index contributed by atoms with van der Waals surface area (Å²) in [5.41, 5.74) is 5.14. The lowest BCUT2D eigenvalue weighted by atomic mass is 9.92. The van der Waals surface area contributed by atoms with Gasteiger partial charge in [0.05, 0.1) is 5.92 Å². The number of carbonyl (C=O) groups excluding carboxylic acids is 1. The second-order valence-electron chi connectivity index (χ2n) is 7.88. The van der Waals surface area contributed by atoms with Crippen LogP contribution in [0.15, 0.2) is 71.3 Å². The molecule has 1 fully saturated rings. The summed E-state index contributed by atoms with van der Waals surface area (Å²) in [4.78, 5) is 17.4. The molecular weight excluding hydrogens is 424 g/mol. The van der Waals surface area contributed by atoms with E-state index in [0.717, 1.165) is 51.3 Å². The zero-order valence-electron chi connectivity index (χ0n) is 16.6. The third-order valence-corrected chi connectivity index (χ3v) is 6.00. The van der Waals surface area contributed by atoms with E-state index in [-0.39, 0.29) is 11.8 Å². The molecular formula is C25H25BrN2O. The molecule has 3 aromatic rings. The Morgan fingerprint density at radius 3 is 2.59 bits per heavy atom. The number of benzene rings is 2. The van der Waals surface area contributed by atoms with Crippen LogP contribution >= 0.6 is 15.9 Å². The molecule has 0 radical (unpaired) electrons. The Morgan fingerprint density at radius 1 is 1.10 bits per heavy atom. The molecule has 4 heteroatoms. The third-order valence-electron chi connectivity index (χ3n) is 5.51. The van der Waals surface area contributed by atoms with Crippen molar-refractivity contribution < 1.29 is 4.79 Å². The Balaban J connectivity index is 1.49. The highest BCUT2D eigenvalue weighted by molar-refractivity contribution is 9.10. The Labute approximate surface area is 180 Å². The molecule has 1 amide bonds. The number of hydrogen-bond acceptors (Lipinski definition) is 2. The Kier molecular flexibility index (Phi) is 6.10. The summed E-state index contributed by atoms with van der Waals surface area (Å²) in [6.45, 7) is 1.99. The lowest BCUT2D eigenvalue weighted by Gasteiger charge is -2.18. The van der Waals surface area contributed by atoms with Gasteiger partial charge in [0, 0.05) is 22.1 Å². The quantitative estimate of drug-likeness (QED) is 0.435. The minimum atomic E-state index is -0.129. The van der Waals surface area contributed by atoms with Crippen LogP contribution in [0.3, 0.4) is 0 Å². The van der Waals surface area contributed by atoms with Crippen LogP contribution in [-0.2, 0) is 4.79 Å². The van der Waals surface area contributed by atoms with Crippen molar-refractivity contribution in [1.82, 2.24) is 4.98 Å². The Morgan fingerprint density at radius 2 is 1.90 bits per heavy atom. The van der Waals surface area contributed by atoms with E-state index in [1.54, 1.807) is 0 Å². The van der Waals surface area contributed by atoms with Crippen molar-refractivity contribution in [3.63, 3.8) is 0 Å². The highest BCUT2D eigenvalue weighted by atomic mass is 79.9. The topological polar surface area (TPSA) is 42.0 Å². The summed E-state index contributed by atoms with van der Waals surface area (Å²) in [6, 6.07) is 20.2. The van der Waals surface area contributed by atoms with Crippen LogP contribution in [0.2, 0.25) is 0 Å². The zero-order chi connectivity index (χ0) is 20.2. The molecule has 1 N–H and O–H groups in total. The van der Waals surface area contributed by atoms with E-state index >= 15 is 0 Å². The molecule has 0 aliphatic heterocycles. The van der Waals surface area contributed by atoms with E-state index < -0.39 is 0 Å². The maximum Gasteiger partial charge on any atom is 0.231 e. The van der Waals surface area contributed by atoms with E-state index in [2.05, 4.69) is 44.4 Å². The minimum Gasteiger partial charge on any atom is -0.326 e. The average molecular weight is 449 g/mol. The molecule has 1 atom stereocenters. The van der Waals surface area contributed by atoms with Gasteiger partial charge in [0.25, 0.3) is 0 Å². The van der Waals surface area contributed by atoms with E-state index in [1.807, 2.05) is 55.6 Å². The van der Waals surface area contributed by atoms with Crippen molar-refractivity contribution in [2.45, 2.75) is 38.5 Å². The number of hydrogen-bond donors (Lipinski definition) is 1. The second kappa shape index (κ2) is 8.91. The summed E-state index contributed by atoms with van der Waals surface area (Å²) in [7, 11) is 0. The van der Waals surface area contributed by atoms with Crippen LogP contribution in [0, 0.1) is 12.8 Å². The van der Waals surface area contributed by atoms with Crippen molar-refractivity contribution in [3.05, 3.63) is 82.6 Å². The summed E-state index contributed by atoms with van der Waals surface area (Å²) < 4.78 is 1.01. The molecule has 0 saturated heterocycles. The summed E-state index contributed by atoms with van der Waals surface area (Å²) in [6.07, 6.45) is 6.45. The van der Waals surface area contributed by atoms with Crippen LogP contribution in [0.5, 0.6) is 0 Å². The highest BCUT2D eigenvalue weighted by Crippen LogP contribution is 2.37. The number of halogens is 1. The largest absolute Gasteiger partial charge is 0.326 e. The number of nitrogens with zero attached hydrogens (tertiary/aromatic N) is 1. The average Bonchev–Trinajstić information content (AvgIpc) is 3.53. The number of nitrogens with one attached hydrogen (secondary N) is 1. The summed E-state index contributed by atoms with van der Waals surface area (Å²) in [5.74, 6) is 0.743. The summed E-state index contributed by atoms with van der Waals surface area (Å²) in [5, 5.41) is 3.13. The van der Waals surface area contributed by atoms with Gasteiger partial charge in [-0.1, -0.05) is 53.0 Å². The highest BCUT2D eigenvalue weighted by Gasteiger charge is 2.26. The number of rotatable bonds is 7. The van der Waals surface area contributed by atoms with Gasteiger partial charge < -0.3 is 5.32 Å². The van der Waals surface area contributed by atoms with Gasteiger partial charge in [-0.3, -0.25) is 9.78 Å². The fraction of sp³-hybridized carbons (Fsp3) is 0.280. The van der Waals surface area contributed by atoms with Crippen LogP contribution in [0.1, 0.15) is 42.9 Å². The zero-order valence-corrected chi connectivity index (χ0v) is 18.2. The van der Waals surface area contributed by atoms with Crippen LogP contribution in [0.25, 0.3) is 11.1 Å². The fourth-order valence-electron chi connectivity index (χ4n) is 3.68. The lowest BCUT2D eigenvalue weighted by molar-refractivity contribution is -0.117. The predicted octanol–water partition coefficient (Wildman–Crippen LogP) is 6.73. The first-order valence-electron chi connectivity index (χ1n) is 10.2. The number of pyridine rings is 1. The lowest BCUT2D eigenvalue weighted by Crippen LogP contribution is -2.21. The van der Waals surface area contributed by atoms with Crippen molar-refractivity contribution in [2.75, 3.05) is 5.32 Å². The van der Waals surface area contributed by atoms with Crippen LogP contribution in [-0.4, -0.2) is 10.9 Å². The van der Waals surface area contributed by atoms with Gasteiger partial charge in [-0.2, -0.15) is 0 Å². The number of amides is 1. The van der Waals surface area contributed by atoms with E-state index in [4.69, 9.17) is 0 Å². The van der Waals surface area contributed by atoms with Crippen LogP contribution in [0.4, 0.5) is 5.69 Å². The SMILES string of the molecule is Cc1cc(-c2ccc(NC(=O)[C@@H](CCC3CC3)c3cccc(Br)c3)cc2)ccn1. The van der Waals surface area contributed by atoms with Gasteiger partial charge in [0.2, 0.25) is 5.91 Å². The van der Waals surface area contributed by atoms with Crippen molar-refractivity contribution in [1.29, 1.82) is 0 Å². The predicted molar refractivity (Wildman–Crippen MR) is 122 cm³/mol. The molecule has 4 rings (SSSR count). The number of anilines is 1. The maximum atomic E-state index is 13.1. The molecule has 2 aromatic carbocycles. The summed E-state index contributed by atoms with van der Waals surface area (Å²) >= 11 is 3.54. The van der Waals surface area contributed by atoms with Crippen molar-refractivity contribution in [3.8, 4) is 11.1 Å². The van der Waals surface area contributed by atoms with Crippen molar-refractivity contribution >= 4 is 27.5 Å². The van der Waals surface area contributed by atoms with Gasteiger partial charge in [0.1, 0.15) is 0 Å². The molecule has 0 spiro atoms. The molecule has 0 unspecified atom stereocenters. The standard InChI is InChI=1S/C25H25BrN2O/c1-17-15-20(13-14-27-17)19-8-10-23(11-9-19)28-25(29)24(12-7-18-5-6-18)21-3-2-4-22(26)16-21/h2-4,8-11,13-16,18,24H,5-7,12H2,1H3,(H,28,29)/t24-/m0/s1. The molecule has 1 heterocycles.